The molecule has 1 fully saturated rings. The van der Waals surface area contributed by atoms with E-state index in [1.807, 2.05) is 0 Å². The van der Waals surface area contributed by atoms with Gasteiger partial charge < -0.3 is 24.8 Å². The van der Waals surface area contributed by atoms with E-state index >= 15 is 0 Å². The summed E-state index contributed by atoms with van der Waals surface area (Å²) in [6.45, 7) is 0.896. The summed E-state index contributed by atoms with van der Waals surface area (Å²) in [5.41, 5.74) is 1.52. The highest BCUT2D eigenvalue weighted by Crippen LogP contribution is 2.16. The molecule has 2 rings (SSSR count). The zero-order valence-corrected chi connectivity index (χ0v) is 17.3. The van der Waals surface area contributed by atoms with Crippen LogP contribution in [0, 0.1) is 0 Å². The van der Waals surface area contributed by atoms with Crippen molar-refractivity contribution in [1.29, 1.82) is 0 Å². The number of aliphatic carboxylic acids is 1. The zero-order valence-electron chi connectivity index (χ0n) is 16.4. The molecule has 1 unspecified atom stereocenters. The Bertz CT molecular complexity index is 786. The first-order valence-electron chi connectivity index (χ1n) is 9.01. The van der Waals surface area contributed by atoms with Crippen molar-refractivity contribution in [3.63, 3.8) is 0 Å². The molecule has 10 nitrogen and oxygen atoms in total. The second-order valence-corrected chi connectivity index (χ2v) is 6.68. The lowest BCUT2D eigenvalue weighted by molar-refractivity contribution is -0.135. The van der Waals surface area contributed by atoms with Gasteiger partial charge in [-0.05, 0) is 30.2 Å². The van der Waals surface area contributed by atoms with Crippen LogP contribution in [0.1, 0.15) is 28.2 Å². The summed E-state index contributed by atoms with van der Waals surface area (Å²) in [5.74, 6) is -0.454. The van der Waals surface area contributed by atoms with E-state index in [1.165, 1.54) is 19.5 Å². The van der Waals surface area contributed by atoms with Gasteiger partial charge in [-0.25, -0.2) is 4.99 Å². The third kappa shape index (κ3) is 6.71. The minimum Gasteiger partial charge on any atom is -0.480 e. The highest BCUT2D eigenvalue weighted by molar-refractivity contribution is 7.80. The van der Waals surface area contributed by atoms with E-state index < -0.39 is 5.97 Å². The fraction of sp³-hybridized carbons (Fsp3) is 0.500. The van der Waals surface area contributed by atoms with Crippen LogP contribution in [0.4, 0.5) is 0 Å². The average Bonchev–Trinajstić information content (AvgIpc) is 3.20. The number of carbonyl (C=O) groups is 2. The lowest BCUT2D eigenvalue weighted by Gasteiger charge is -2.16. The molecule has 0 radical (unpaired) electrons. The van der Waals surface area contributed by atoms with Crippen molar-refractivity contribution in [1.82, 2.24) is 20.4 Å². The number of thiol groups is 1. The van der Waals surface area contributed by atoms with Gasteiger partial charge in [-0.15, -0.1) is 10.2 Å². The zero-order chi connectivity index (χ0) is 21.2. The maximum Gasteiger partial charge on any atom is 0.322 e. The highest BCUT2D eigenvalue weighted by atomic mass is 32.1. The molecule has 1 saturated heterocycles. The SMILES string of the molecule is COC(=CNCC(=O)O)N=Cc1nnc(C(=O)N2CCC(OC)C2)cc1CCS. The third-order valence-electron chi connectivity index (χ3n) is 4.27. The molecule has 2 N–H and O–H groups in total. The number of carboxylic acids is 1. The van der Waals surface area contributed by atoms with Gasteiger partial charge in [0.15, 0.2) is 5.69 Å². The molecule has 1 amide bonds. The number of rotatable bonds is 10. The van der Waals surface area contributed by atoms with Gasteiger partial charge in [-0.3, -0.25) is 9.59 Å². The Morgan fingerprint density at radius 1 is 1.45 bits per heavy atom. The number of nitrogens with zero attached hydrogens (tertiary/aromatic N) is 4. The van der Waals surface area contributed by atoms with Gasteiger partial charge in [0.1, 0.15) is 12.2 Å². The molecule has 0 saturated carbocycles. The number of ether oxygens (including phenoxy) is 2. The molecule has 1 aromatic heterocycles. The number of aliphatic imine (C=N–C) groups is 1. The van der Waals surface area contributed by atoms with E-state index in [1.54, 1.807) is 18.1 Å². The third-order valence-corrected chi connectivity index (χ3v) is 4.50. The van der Waals surface area contributed by atoms with E-state index in [2.05, 4.69) is 33.1 Å². The number of aryl methyl sites for hydroxylation is 1. The van der Waals surface area contributed by atoms with E-state index in [9.17, 15) is 9.59 Å². The van der Waals surface area contributed by atoms with Crippen molar-refractivity contribution in [2.24, 2.45) is 4.99 Å². The van der Waals surface area contributed by atoms with Gasteiger partial charge in [0.05, 0.1) is 25.6 Å². The van der Waals surface area contributed by atoms with Crippen molar-refractivity contribution >= 4 is 30.7 Å². The molecule has 1 aliphatic rings. The molecule has 0 aliphatic carbocycles. The maximum atomic E-state index is 12.7. The van der Waals surface area contributed by atoms with Crippen molar-refractivity contribution in [2.75, 3.05) is 39.6 Å². The normalized spacial score (nSPS) is 17.0. The summed E-state index contributed by atoms with van der Waals surface area (Å²) in [4.78, 5) is 29.1. The first-order valence-corrected chi connectivity index (χ1v) is 9.64. The molecule has 29 heavy (non-hydrogen) atoms. The highest BCUT2D eigenvalue weighted by Gasteiger charge is 2.28. The fourth-order valence-electron chi connectivity index (χ4n) is 2.74. The van der Waals surface area contributed by atoms with Crippen LogP contribution in [0.2, 0.25) is 0 Å². The lowest BCUT2D eigenvalue weighted by Crippen LogP contribution is -2.31. The summed E-state index contributed by atoms with van der Waals surface area (Å²) < 4.78 is 10.4. The monoisotopic (exact) mass is 423 g/mol. The largest absolute Gasteiger partial charge is 0.480 e. The minimum atomic E-state index is -1.00. The van der Waals surface area contributed by atoms with Crippen LogP contribution in [-0.4, -0.2) is 84.0 Å². The van der Waals surface area contributed by atoms with Crippen molar-refractivity contribution < 1.29 is 24.2 Å². The van der Waals surface area contributed by atoms with Crippen LogP contribution in [0.15, 0.2) is 23.1 Å². The molecular weight excluding hydrogens is 398 g/mol. The van der Waals surface area contributed by atoms with Gasteiger partial charge in [-0.1, -0.05) is 0 Å². The van der Waals surface area contributed by atoms with Crippen LogP contribution in [-0.2, 0) is 20.7 Å². The van der Waals surface area contributed by atoms with Crippen LogP contribution >= 0.6 is 12.6 Å². The van der Waals surface area contributed by atoms with Crippen molar-refractivity contribution in [3.05, 3.63) is 35.1 Å². The molecule has 0 aromatic carbocycles. The quantitative estimate of drug-likeness (QED) is 0.280. The Morgan fingerprint density at radius 2 is 2.24 bits per heavy atom. The van der Waals surface area contributed by atoms with E-state index in [0.717, 1.165) is 12.0 Å². The van der Waals surface area contributed by atoms with Gasteiger partial charge in [0, 0.05) is 20.2 Å². The fourth-order valence-corrected chi connectivity index (χ4v) is 2.98. The van der Waals surface area contributed by atoms with Gasteiger partial charge in [0.25, 0.3) is 5.91 Å². The van der Waals surface area contributed by atoms with Gasteiger partial charge in [0.2, 0.25) is 5.88 Å². The summed E-state index contributed by atoms with van der Waals surface area (Å²) in [7, 11) is 3.05. The molecule has 1 atom stereocenters. The summed E-state index contributed by atoms with van der Waals surface area (Å²) >= 11 is 4.26. The molecule has 0 spiro atoms. The number of aromatic nitrogens is 2. The summed E-state index contributed by atoms with van der Waals surface area (Å²) in [5, 5.41) is 19.4. The Hall–Kier alpha value is -2.66. The molecule has 1 aromatic rings. The predicted octanol–water partition coefficient (Wildman–Crippen LogP) is 0.348. The molecule has 11 heteroatoms. The van der Waals surface area contributed by atoms with Crippen molar-refractivity contribution in [3.8, 4) is 0 Å². The molecule has 0 bridgehead atoms. The number of carboxylic acid groups (broad SMARTS) is 1. The molecule has 2 heterocycles. The second-order valence-electron chi connectivity index (χ2n) is 6.23. The summed E-state index contributed by atoms with van der Waals surface area (Å²) in [6, 6.07) is 1.70. The van der Waals surface area contributed by atoms with Crippen LogP contribution in [0.3, 0.4) is 0 Å². The molecular formula is C18H25N5O5S. The predicted molar refractivity (Wildman–Crippen MR) is 109 cm³/mol. The smallest absolute Gasteiger partial charge is 0.322 e. The number of likely N-dealkylation sites (tertiary alicyclic amines) is 1. The lowest BCUT2D eigenvalue weighted by atomic mass is 10.1. The minimum absolute atomic E-state index is 0.0456. The first-order chi connectivity index (χ1) is 14.0. The Morgan fingerprint density at radius 3 is 2.86 bits per heavy atom. The molecule has 1 aliphatic heterocycles. The number of carbonyl (C=O) groups excluding carboxylic acids is 1. The average molecular weight is 423 g/mol. The number of methoxy groups -OCH3 is 2. The Kier molecular flexibility index (Phi) is 8.87. The first kappa shape index (κ1) is 22.6. The van der Waals surface area contributed by atoms with Gasteiger partial charge in [-0.2, -0.15) is 12.6 Å². The summed E-state index contributed by atoms with van der Waals surface area (Å²) in [6.07, 6.45) is 4.21. The number of hydrogen-bond donors (Lipinski definition) is 3. The van der Waals surface area contributed by atoms with E-state index in [-0.39, 0.29) is 30.1 Å². The van der Waals surface area contributed by atoms with Crippen LogP contribution in [0.25, 0.3) is 0 Å². The standard InChI is InChI=1S/C18H25N5O5S/c1-27-13-3-5-23(11-13)18(26)14-7-12(4-6-29)15(22-21-14)8-20-16(28-2)9-19-10-17(24)25/h7-9,13,19,29H,3-6,10-11H2,1-2H3,(H,24,25). The van der Waals surface area contributed by atoms with Gasteiger partial charge >= 0.3 is 5.97 Å². The van der Waals surface area contributed by atoms with Crippen LogP contribution in [0.5, 0.6) is 0 Å². The van der Waals surface area contributed by atoms with Crippen LogP contribution < -0.4 is 5.32 Å². The van der Waals surface area contributed by atoms with E-state index in [4.69, 9.17) is 14.6 Å². The number of nitrogens with one attached hydrogen (secondary N) is 1. The Labute approximate surface area is 174 Å². The van der Waals surface area contributed by atoms with E-state index in [0.29, 0.717) is 31.0 Å². The van der Waals surface area contributed by atoms with Crippen molar-refractivity contribution in [2.45, 2.75) is 18.9 Å². The molecule has 158 valence electrons. The second kappa shape index (κ2) is 11.4. The number of hydrogen-bond acceptors (Lipinski definition) is 9. The Balaban J connectivity index is 2.16. The topological polar surface area (TPSA) is 126 Å². The maximum absolute atomic E-state index is 12.7. The number of amides is 1.